The third kappa shape index (κ3) is 2.96. The molecule has 0 aliphatic carbocycles. The molecule has 23 heavy (non-hydrogen) atoms. The van der Waals surface area contributed by atoms with Gasteiger partial charge in [0.2, 0.25) is 5.89 Å². The summed E-state index contributed by atoms with van der Waals surface area (Å²) in [6.45, 7) is 2.07. The van der Waals surface area contributed by atoms with E-state index in [9.17, 15) is 9.59 Å². The number of aromatic nitrogens is 4. The summed E-state index contributed by atoms with van der Waals surface area (Å²) in [6.07, 6.45) is 0.630. The zero-order chi connectivity index (χ0) is 16.4. The third-order valence-electron chi connectivity index (χ3n) is 3.38. The second kappa shape index (κ2) is 5.99. The number of carbonyl (C=O) groups excluding carboxylic acids is 1. The highest BCUT2D eigenvalue weighted by atomic mass is 16.5. The quantitative estimate of drug-likeness (QED) is 0.774. The van der Waals surface area contributed by atoms with E-state index in [1.54, 1.807) is 31.3 Å². The fourth-order valence-electron chi connectivity index (χ4n) is 2.23. The minimum Gasteiger partial charge on any atom is -0.339 e. The molecule has 0 saturated carbocycles. The Kier molecular flexibility index (Phi) is 3.88. The largest absolute Gasteiger partial charge is 0.346 e. The van der Waals surface area contributed by atoms with Crippen molar-refractivity contribution in [3.8, 4) is 0 Å². The van der Waals surface area contributed by atoms with Gasteiger partial charge < -0.3 is 14.4 Å². The van der Waals surface area contributed by atoms with E-state index in [0.29, 0.717) is 29.0 Å². The molecule has 2 aromatic heterocycles. The summed E-state index contributed by atoms with van der Waals surface area (Å²) in [5.41, 5.74) is 0.108. The molecule has 1 amide bonds. The topological polar surface area (TPSA) is 105 Å². The normalized spacial score (nSPS) is 10.9. The Balaban J connectivity index is 1.91. The molecule has 1 aromatic carbocycles. The molecule has 0 unspecified atom stereocenters. The molecule has 0 aliphatic heterocycles. The summed E-state index contributed by atoms with van der Waals surface area (Å²) in [5, 5.41) is 4.40. The van der Waals surface area contributed by atoms with E-state index in [2.05, 4.69) is 20.1 Å². The molecule has 3 aromatic rings. The van der Waals surface area contributed by atoms with E-state index in [1.165, 1.54) is 4.90 Å². The first-order valence-corrected chi connectivity index (χ1v) is 7.14. The number of carbonyl (C=O) groups is 1. The fourth-order valence-corrected chi connectivity index (χ4v) is 2.23. The summed E-state index contributed by atoms with van der Waals surface area (Å²) in [5.74, 6) is 0.544. The van der Waals surface area contributed by atoms with Gasteiger partial charge in [0.1, 0.15) is 5.69 Å². The van der Waals surface area contributed by atoms with Crippen LogP contribution in [0, 0.1) is 0 Å². The Morgan fingerprint density at radius 3 is 2.83 bits per heavy atom. The van der Waals surface area contributed by atoms with E-state index in [1.807, 2.05) is 6.92 Å². The molecule has 2 heterocycles. The molecular weight excluding hydrogens is 298 g/mol. The van der Waals surface area contributed by atoms with Crippen molar-refractivity contribution in [2.75, 3.05) is 7.05 Å². The van der Waals surface area contributed by atoms with E-state index in [0.717, 1.165) is 0 Å². The number of para-hydroxylation sites is 1. The number of rotatable bonds is 4. The first kappa shape index (κ1) is 14.9. The van der Waals surface area contributed by atoms with Crippen molar-refractivity contribution in [3.05, 3.63) is 52.2 Å². The lowest BCUT2D eigenvalue weighted by atomic mass is 10.1. The van der Waals surface area contributed by atoms with Crippen molar-refractivity contribution in [1.82, 2.24) is 25.0 Å². The summed E-state index contributed by atoms with van der Waals surface area (Å²) in [4.78, 5) is 36.3. The van der Waals surface area contributed by atoms with Crippen LogP contribution in [0.3, 0.4) is 0 Å². The number of aromatic amines is 1. The standard InChI is InChI=1S/C15H15N5O3/c1-3-12-17-11(19-23-12)8-20(2)14(21)13-9-6-4-5-7-10(9)16-15(22)18-13/h4-7H,3,8H2,1-2H3,(H,16,18,22). The molecule has 8 heteroatoms. The molecule has 8 nitrogen and oxygen atoms in total. The van der Waals surface area contributed by atoms with Crippen LogP contribution in [0.4, 0.5) is 0 Å². The monoisotopic (exact) mass is 313 g/mol. The summed E-state index contributed by atoms with van der Waals surface area (Å²) < 4.78 is 5.02. The van der Waals surface area contributed by atoms with Crippen LogP contribution in [-0.2, 0) is 13.0 Å². The van der Waals surface area contributed by atoms with Gasteiger partial charge in [-0.2, -0.15) is 9.97 Å². The van der Waals surface area contributed by atoms with Gasteiger partial charge in [0.25, 0.3) is 5.91 Å². The van der Waals surface area contributed by atoms with Crippen LogP contribution in [-0.4, -0.2) is 38.0 Å². The van der Waals surface area contributed by atoms with Gasteiger partial charge in [-0.1, -0.05) is 30.3 Å². The van der Waals surface area contributed by atoms with Crippen LogP contribution in [0.1, 0.15) is 29.1 Å². The predicted octanol–water partition coefficient (Wildman–Crippen LogP) is 1.14. The van der Waals surface area contributed by atoms with Gasteiger partial charge in [-0.3, -0.25) is 4.79 Å². The number of fused-ring (bicyclic) bond motifs is 1. The Morgan fingerprint density at radius 2 is 2.09 bits per heavy atom. The van der Waals surface area contributed by atoms with Gasteiger partial charge in [-0.25, -0.2) is 4.79 Å². The number of nitrogens with zero attached hydrogens (tertiary/aromatic N) is 4. The van der Waals surface area contributed by atoms with Crippen LogP contribution in [0.2, 0.25) is 0 Å². The number of benzene rings is 1. The Hall–Kier alpha value is -3.03. The van der Waals surface area contributed by atoms with E-state index >= 15 is 0 Å². The zero-order valence-electron chi connectivity index (χ0n) is 12.7. The van der Waals surface area contributed by atoms with E-state index in [4.69, 9.17) is 4.52 Å². The van der Waals surface area contributed by atoms with Crippen LogP contribution >= 0.6 is 0 Å². The SMILES string of the molecule is CCc1nc(CN(C)C(=O)c2nc(=O)[nH]c3ccccc23)no1. The minimum atomic E-state index is -0.562. The Morgan fingerprint density at radius 1 is 1.30 bits per heavy atom. The number of amides is 1. The lowest BCUT2D eigenvalue weighted by Crippen LogP contribution is -2.30. The van der Waals surface area contributed by atoms with Crippen LogP contribution < -0.4 is 5.69 Å². The average molecular weight is 313 g/mol. The van der Waals surface area contributed by atoms with Crippen LogP contribution in [0.5, 0.6) is 0 Å². The van der Waals surface area contributed by atoms with Crippen molar-refractivity contribution in [2.24, 2.45) is 0 Å². The molecule has 1 N–H and O–H groups in total. The summed E-state index contributed by atoms with van der Waals surface area (Å²) in [7, 11) is 1.60. The molecule has 0 aliphatic rings. The van der Waals surface area contributed by atoms with Gasteiger partial charge in [-0.05, 0) is 6.07 Å². The smallest absolute Gasteiger partial charge is 0.339 e. The van der Waals surface area contributed by atoms with Gasteiger partial charge >= 0.3 is 5.69 Å². The zero-order valence-corrected chi connectivity index (χ0v) is 12.7. The Labute approximate surface area is 131 Å². The van der Waals surface area contributed by atoms with E-state index in [-0.39, 0.29) is 18.1 Å². The molecule has 3 rings (SSSR count). The van der Waals surface area contributed by atoms with Crippen LogP contribution in [0.25, 0.3) is 10.9 Å². The maximum absolute atomic E-state index is 12.6. The minimum absolute atomic E-state index is 0.103. The average Bonchev–Trinajstić information content (AvgIpc) is 3.00. The van der Waals surface area contributed by atoms with Crippen molar-refractivity contribution in [2.45, 2.75) is 19.9 Å². The molecular formula is C15H15N5O3. The Bertz CT molecular complexity index is 915. The number of nitrogens with one attached hydrogen (secondary N) is 1. The van der Waals surface area contributed by atoms with E-state index < -0.39 is 5.69 Å². The van der Waals surface area contributed by atoms with Crippen molar-refractivity contribution in [3.63, 3.8) is 0 Å². The lowest BCUT2D eigenvalue weighted by molar-refractivity contribution is 0.0776. The fraction of sp³-hybridized carbons (Fsp3) is 0.267. The van der Waals surface area contributed by atoms with Crippen molar-refractivity contribution in [1.29, 1.82) is 0 Å². The van der Waals surface area contributed by atoms with Gasteiger partial charge in [0, 0.05) is 18.9 Å². The van der Waals surface area contributed by atoms with Gasteiger partial charge in [0.15, 0.2) is 5.82 Å². The number of H-pyrrole nitrogens is 1. The third-order valence-corrected chi connectivity index (χ3v) is 3.38. The summed E-state index contributed by atoms with van der Waals surface area (Å²) in [6, 6.07) is 7.03. The molecule has 0 bridgehead atoms. The van der Waals surface area contributed by atoms with Crippen molar-refractivity contribution >= 4 is 16.8 Å². The highest BCUT2D eigenvalue weighted by Gasteiger charge is 2.19. The van der Waals surface area contributed by atoms with Gasteiger partial charge in [0.05, 0.1) is 12.1 Å². The molecule has 118 valence electrons. The number of hydrogen-bond donors (Lipinski definition) is 1. The first-order valence-electron chi connectivity index (χ1n) is 7.14. The number of aryl methyl sites for hydroxylation is 1. The highest BCUT2D eigenvalue weighted by molar-refractivity contribution is 6.03. The molecule has 0 spiro atoms. The second-order valence-electron chi connectivity index (χ2n) is 5.06. The second-order valence-corrected chi connectivity index (χ2v) is 5.06. The lowest BCUT2D eigenvalue weighted by Gasteiger charge is -2.15. The molecule has 0 atom stereocenters. The highest BCUT2D eigenvalue weighted by Crippen LogP contribution is 2.15. The molecule has 0 fully saturated rings. The van der Waals surface area contributed by atoms with Crippen LogP contribution in [0.15, 0.2) is 33.6 Å². The van der Waals surface area contributed by atoms with Gasteiger partial charge in [-0.15, -0.1) is 0 Å². The maximum Gasteiger partial charge on any atom is 0.346 e. The number of hydrogen-bond acceptors (Lipinski definition) is 6. The first-order chi connectivity index (χ1) is 11.1. The molecule has 0 saturated heterocycles. The predicted molar refractivity (Wildman–Crippen MR) is 81.8 cm³/mol. The summed E-state index contributed by atoms with van der Waals surface area (Å²) >= 11 is 0. The molecule has 0 radical (unpaired) electrons. The maximum atomic E-state index is 12.6. The van der Waals surface area contributed by atoms with Crippen molar-refractivity contribution < 1.29 is 9.32 Å².